The summed E-state index contributed by atoms with van der Waals surface area (Å²) in [7, 11) is 0. The molecule has 0 spiro atoms. The summed E-state index contributed by atoms with van der Waals surface area (Å²) in [5.41, 5.74) is 1.35. The predicted octanol–water partition coefficient (Wildman–Crippen LogP) is 1.81. The average Bonchev–Trinajstić information content (AvgIpc) is 2.79. The summed E-state index contributed by atoms with van der Waals surface area (Å²) in [6.45, 7) is 0.995. The second-order valence-electron chi connectivity index (χ2n) is 3.59. The van der Waals surface area contributed by atoms with Crippen molar-refractivity contribution in [3.8, 4) is 0 Å². The highest BCUT2D eigenvalue weighted by Gasteiger charge is 2.25. The van der Waals surface area contributed by atoms with Crippen molar-refractivity contribution >= 4 is 0 Å². The minimum absolute atomic E-state index is 0.443. The van der Waals surface area contributed by atoms with Crippen LogP contribution in [0.3, 0.4) is 0 Å². The summed E-state index contributed by atoms with van der Waals surface area (Å²) >= 11 is 0. The number of aromatic nitrogens is 3. The van der Waals surface area contributed by atoms with Gasteiger partial charge in [0.2, 0.25) is 0 Å². The van der Waals surface area contributed by atoms with Gasteiger partial charge in [-0.25, -0.2) is 9.67 Å². The molecule has 0 aliphatic carbocycles. The quantitative estimate of drug-likeness (QED) is 0.678. The number of hydrogen-bond acceptors (Lipinski definition) is 2. The number of aryl methyl sites for hydroxylation is 1. The van der Waals surface area contributed by atoms with Gasteiger partial charge in [-0.2, -0.15) is 5.10 Å². The maximum Gasteiger partial charge on any atom is 0.138 e. The highest BCUT2D eigenvalue weighted by atomic mass is 15.3. The van der Waals surface area contributed by atoms with Crippen molar-refractivity contribution in [2.24, 2.45) is 0 Å². The van der Waals surface area contributed by atoms with Gasteiger partial charge in [0, 0.05) is 12.5 Å². The molecule has 0 amide bonds. The molecular formula is C11H11N3. The second kappa shape index (κ2) is 2.94. The maximum atomic E-state index is 4.31. The maximum absolute atomic E-state index is 4.31. The normalized spacial score (nSPS) is 19.6. The van der Waals surface area contributed by atoms with E-state index >= 15 is 0 Å². The Morgan fingerprint density at radius 1 is 1.21 bits per heavy atom. The lowest BCUT2D eigenvalue weighted by Gasteiger charge is -2.06. The lowest BCUT2D eigenvalue weighted by molar-refractivity contribution is 0.649. The molecule has 1 unspecified atom stereocenters. The minimum Gasteiger partial charge on any atom is -0.249 e. The molecule has 1 aromatic heterocycles. The summed E-state index contributed by atoms with van der Waals surface area (Å²) in [6.07, 6.45) is 2.77. The van der Waals surface area contributed by atoms with Gasteiger partial charge in [0.25, 0.3) is 0 Å². The van der Waals surface area contributed by atoms with E-state index in [1.807, 2.05) is 10.7 Å². The lowest BCUT2D eigenvalue weighted by Crippen LogP contribution is -1.98. The van der Waals surface area contributed by atoms with Crippen LogP contribution in [0.15, 0.2) is 36.7 Å². The van der Waals surface area contributed by atoms with Crippen molar-refractivity contribution in [2.45, 2.75) is 18.9 Å². The van der Waals surface area contributed by atoms with Crippen LogP contribution in [-0.4, -0.2) is 14.8 Å². The summed E-state index contributed by atoms with van der Waals surface area (Å²) in [5.74, 6) is 1.55. The van der Waals surface area contributed by atoms with E-state index in [2.05, 4.69) is 34.3 Å². The van der Waals surface area contributed by atoms with Crippen LogP contribution < -0.4 is 0 Å². The molecule has 1 aliphatic heterocycles. The fourth-order valence-corrected chi connectivity index (χ4v) is 2.10. The van der Waals surface area contributed by atoms with Crippen LogP contribution in [0.25, 0.3) is 0 Å². The van der Waals surface area contributed by atoms with E-state index < -0.39 is 0 Å². The van der Waals surface area contributed by atoms with Gasteiger partial charge in [-0.15, -0.1) is 0 Å². The molecule has 70 valence electrons. The fourth-order valence-electron chi connectivity index (χ4n) is 2.10. The van der Waals surface area contributed by atoms with Gasteiger partial charge in [0.05, 0.1) is 0 Å². The smallest absolute Gasteiger partial charge is 0.138 e. The lowest BCUT2D eigenvalue weighted by atomic mass is 9.97. The molecule has 3 rings (SSSR count). The average molecular weight is 185 g/mol. The largest absolute Gasteiger partial charge is 0.249 e. The van der Waals surface area contributed by atoms with Gasteiger partial charge >= 0.3 is 0 Å². The van der Waals surface area contributed by atoms with E-state index in [0.29, 0.717) is 5.92 Å². The summed E-state index contributed by atoms with van der Waals surface area (Å²) < 4.78 is 2.00. The molecule has 2 heterocycles. The van der Waals surface area contributed by atoms with Gasteiger partial charge in [0.15, 0.2) is 0 Å². The van der Waals surface area contributed by atoms with Gasteiger partial charge in [-0.3, -0.25) is 0 Å². The monoisotopic (exact) mass is 185 g/mol. The molecule has 0 bridgehead atoms. The Morgan fingerprint density at radius 3 is 2.93 bits per heavy atom. The highest BCUT2D eigenvalue weighted by molar-refractivity contribution is 5.26. The molecule has 0 saturated carbocycles. The van der Waals surface area contributed by atoms with Crippen LogP contribution in [0, 0.1) is 0 Å². The van der Waals surface area contributed by atoms with Crippen molar-refractivity contribution in [3.05, 3.63) is 48.0 Å². The Labute approximate surface area is 82.4 Å². The van der Waals surface area contributed by atoms with E-state index in [9.17, 15) is 0 Å². The van der Waals surface area contributed by atoms with Gasteiger partial charge in [-0.1, -0.05) is 30.3 Å². The van der Waals surface area contributed by atoms with Crippen molar-refractivity contribution in [1.82, 2.24) is 14.8 Å². The van der Waals surface area contributed by atoms with E-state index in [0.717, 1.165) is 18.8 Å². The van der Waals surface area contributed by atoms with E-state index in [-0.39, 0.29) is 0 Å². The second-order valence-corrected chi connectivity index (χ2v) is 3.59. The third-order valence-electron chi connectivity index (χ3n) is 2.79. The Morgan fingerprint density at radius 2 is 2.07 bits per heavy atom. The summed E-state index contributed by atoms with van der Waals surface area (Å²) in [5, 5.41) is 4.18. The van der Waals surface area contributed by atoms with Crippen molar-refractivity contribution in [2.75, 3.05) is 0 Å². The molecule has 14 heavy (non-hydrogen) atoms. The molecule has 0 N–H and O–H groups in total. The molecule has 0 radical (unpaired) electrons. The Balaban J connectivity index is 2.03. The number of benzene rings is 1. The van der Waals surface area contributed by atoms with E-state index in [1.54, 1.807) is 6.33 Å². The van der Waals surface area contributed by atoms with Crippen LogP contribution in [-0.2, 0) is 6.54 Å². The third-order valence-corrected chi connectivity index (χ3v) is 2.79. The number of rotatable bonds is 1. The van der Waals surface area contributed by atoms with Gasteiger partial charge in [-0.05, 0) is 12.0 Å². The molecular weight excluding hydrogens is 174 g/mol. The Bertz CT molecular complexity index is 433. The SMILES string of the molecule is c1ccc(C2CCn3ncnc32)cc1. The first-order valence-electron chi connectivity index (χ1n) is 4.88. The zero-order valence-corrected chi connectivity index (χ0v) is 7.80. The van der Waals surface area contributed by atoms with Crippen LogP contribution in [0.5, 0.6) is 0 Å². The van der Waals surface area contributed by atoms with Crippen molar-refractivity contribution in [1.29, 1.82) is 0 Å². The van der Waals surface area contributed by atoms with Crippen molar-refractivity contribution in [3.63, 3.8) is 0 Å². The van der Waals surface area contributed by atoms with Gasteiger partial charge in [0.1, 0.15) is 12.2 Å². The molecule has 1 aliphatic rings. The molecule has 3 heteroatoms. The molecule has 1 atom stereocenters. The fraction of sp³-hybridized carbons (Fsp3) is 0.273. The molecule has 1 aromatic carbocycles. The zero-order chi connectivity index (χ0) is 9.38. The molecule has 0 fully saturated rings. The first-order chi connectivity index (χ1) is 6.95. The van der Waals surface area contributed by atoms with Gasteiger partial charge < -0.3 is 0 Å². The third kappa shape index (κ3) is 1.05. The molecule has 2 aromatic rings. The Kier molecular flexibility index (Phi) is 1.63. The van der Waals surface area contributed by atoms with E-state index in [4.69, 9.17) is 0 Å². The van der Waals surface area contributed by atoms with Crippen LogP contribution in [0.2, 0.25) is 0 Å². The van der Waals surface area contributed by atoms with Crippen LogP contribution >= 0.6 is 0 Å². The standard InChI is InChI=1S/C11H11N3/c1-2-4-9(5-3-1)10-6-7-14-11(10)12-8-13-14/h1-5,8,10H,6-7H2. The summed E-state index contributed by atoms with van der Waals surface area (Å²) in [6, 6.07) is 10.5. The predicted molar refractivity (Wildman–Crippen MR) is 52.9 cm³/mol. The van der Waals surface area contributed by atoms with Crippen molar-refractivity contribution < 1.29 is 0 Å². The highest BCUT2D eigenvalue weighted by Crippen LogP contribution is 2.31. The van der Waals surface area contributed by atoms with Crippen LogP contribution in [0.1, 0.15) is 23.7 Å². The first-order valence-corrected chi connectivity index (χ1v) is 4.88. The molecule has 0 saturated heterocycles. The zero-order valence-electron chi connectivity index (χ0n) is 7.80. The molecule has 3 nitrogen and oxygen atoms in total. The number of hydrogen-bond donors (Lipinski definition) is 0. The van der Waals surface area contributed by atoms with E-state index in [1.165, 1.54) is 5.56 Å². The number of fused-ring (bicyclic) bond motifs is 1. The Hall–Kier alpha value is -1.64. The number of nitrogens with zero attached hydrogens (tertiary/aromatic N) is 3. The first kappa shape index (κ1) is 7.74. The minimum atomic E-state index is 0.443. The topological polar surface area (TPSA) is 30.7 Å². The summed E-state index contributed by atoms with van der Waals surface area (Å²) in [4.78, 5) is 4.31. The van der Waals surface area contributed by atoms with Crippen LogP contribution in [0.4, 0.5) is 0 Å².